The molecule has 0 bridgehead atoms. The van der Waals surface area contributed by atoms with Gasteiger partial charge in [0.05, 0.1) is 11.6 Å². The fourth-order valence-corrected chi connectivity index (χ4v) is 1.40. The minimum atomic E-state index is -0.848. The zero-order valence-corrected chi connectivity index (χ0v) is 9.10. The molecule has 0 aliphatic heterocycles. The van der Waals surface area contributed by atoms with Gasteiger partial charge in [-0.1, -0.05) is 19.1 Å². The van der Waals surface area contributed by atoms with Gasteiger partial charge in [-0.2, -0.15) is 5.26 Å². The van der Waals surface area contributed by atoms with Crippen molar-refractivity contribution in [2.24, 2.45) is 0 Å². The Kier molecular flexibility index (Phi) is 4.49. The summed E-state index contributed by atoms with van der Waals surface area (Å²) in [5.41, 5.74) is 1.50. The normalized spacial score (nSPS) is 11.8. The minimum absolute atomic E-state index is 0.459. The Morgan fingerprint density at radius 2 is 2.38 bits per heavy atom. The zero-order chi connectivity index (χ0) is 12.0. The molecule has 0 heterocycles. The lowest BCUT2D eigenvalue weighted by atomic mass is 10.1. The highest BCUT2D eigenvalue weighted by Crippen LogP contribution is 2.04. The van der Waals surface area contributed by atoms with Crippen LogP contribution in [0.5, 0.6) is 0 Å². The Balaban J connectivity index is 2.60. The van der Waals surface area contributed by atoms with E-state index in [1.807, 2.05) is 19.1 Å². The van der Waals surface area contributed by atoms with Crippen LogP contribution in [0.4, 0.5) is 0 Å². The predicted octanol–water partition coefficient (Wildman–Crippen LogP) is 1.51. The van der Waals surface area contributed by atoms with Crippen molar-refractivity contribution >= 4 is 5.97 Å². The Morgan fingerprint density at radius 3 is 2.94 bits per heavy atom. The van der Waals surface area contributed by atoms with Crippen LogP contribution in [0.1, 0.15) is 24.5 Å². The average molecular weight is 218 g/mol. The summed E-state index contributed by atoms with van der Waals surface area (Å²) in [7, 11) is 0. The molecule has 2 N–H and O–H groups in total. The van der Waals surface area contributed by atoms with E-state index in [1.54, 1.807) is 18.2 Å². The van der Waals surface area contributed by atoms with Crippen molar-refractivity contribution in [1.82, 2.24) is 5.32 Å². The third kappa shape index (κ3) is 3.37. The van der Waals surface area contributed by atoms with Gasteiger partial charge in [-0.25, -0.2) is 0 Å². The molecule has 0 fully saturated rings. The first-order valence-corrected chi connectivity index (χ1v) is 5.12. The van der Waals surface area contributed by atoms with Gasteiger partial charge in [-0.05, 0) is 24.1 Å². The third-order valence-electron chi connectivity index (χ3n) is 2.32. The molecule has 1 rings (SSSR count). The number of carbonyl (C=O) groups is 1. The molecular formula is C12H14N2O2. The summed E-state index contributed by atoms with van der Waals surface area (Å²) in [6.45, 7) is 2.28. The second-order valence-electron chi connectivity index (χ2n) is 3.49. The molecule has 0 aromatic heterocycles. The van der Waals surface area contributed by atoms with Gasteiger partial charge in [-0.15, -0.1) is 0 Å². The molecule has 0 aliphatic carbocycles. The van der Waals surface area contributed by atoms with Crippen molar-refractivity contribution in [3.8, 4) is 6.07 Å². The first kappa shape index (κ1) is 12.2. The van der Waals surface area contributed by atoms with Gasteiger partial charge in [0.1, 0.15) is 6.04 Å². The van der Waals surface area contributed by atoms with Crippen LogP contribution in [0.15, 0.2) is 24.3 Å². The molecule has 1 aromatic rings. The highest BCUT2D eigenvalue weighted by atomic mass is 16.4. The molecule has 0 radical (unpaired) electrons. The predicted molar refractivity (Wildman–Crippen MR) is 59.7 cm³/mol. The number of hydrogen-bond donors (Lipinski definition) is 2. The SMILES string of the molecule is CCC(NCc1cccc(C#N)c1)C(=O)O. The Labute approximate surface area is 94.5 Å². The first-order chi connectivity index (χ1) is 7.67. The van der Waals surface area contributed by atoms with E-state index in [0.29, 0.717) is 18.5 Å². The lowest BCUT2D eigenvalue weighted by Crippen LogP contribution is -2.35. The Bertz CT molecular complexity index is 410. The number of nitrogens with one attached hydrogen (secondary N) is 1. The smallest absolute Gasteiger partial charge is 0.320 e. The fraction of sp³-hybridized carbons (Fsp3) is 0.333. The van der Waals surface area contributed by atoms with E-state index in [-0.39, 0.29) is 0 Å². The van der Waals surface area contributed by atoms with Crippen LogP contribution >= 0.6 is 0 Å². The molecule has 1 atom stereocenters. The van der Waals surface area contributed by atoms with Crippen LogP contribution in [0.3, 0.4) is 0 Å². The molecule has 16 heavy (non-hydrogen) atoms. The maximum absolute atomic E-state index is 10.8. The highest BCUT2D eigenvalue weighted by molar-refractivity contribution is 5.73. The largest absolute Gasteiger partial charge is 0.480 e. The van der Waals surface area contributed by atoms with Crippen molar-refractivity contribution in [3.63, 3.8) is 0 Å². The van der Waals surface area contributed by atoms with Gasteiger partial charge < -0.3 is 10.4 Å². The van der Waals surface area contributed by atoms with Gasteiger partial charge in [0.2, 0.25) is 0 Å². The molecule has 0 aliphatic rings. The number of nitrogens with zero attached hydrogens (tertiary/aromatic N) is 1. The van der Waals surface area contributed by atoms with Crippen LogP contribution in [0.2, 0.25) is 0 Å². The lowest BCUT2D eigenvalue weighted by Gasteiger charge is -2.11. The fourth-order valence-electron chi connectivity index (χ4n) is 1.40. The van der Waals surface area contributed by atoms with Crippen molar-refractivity contribution in [1.29, 1.82) is 5.26 Å². The molecule has 0 amide bonds. The number of carboxylic acids is 1. The van der Waals surface area contributed by atoms with Crippen LogP contribution in [0, 0.1) is 11.3 Å². The summed E-state index contributed by atoms with van der Waals surface area (Å²) in [6, 6.07) is 8.64. The van der Waals surface area contributed by atoms with E-state index in [0.717, 1.165) is 5.56 Å². The Hall–Kier alpha value is -1.86. The molecule has 0 saturated carbocycles. The minimum Gasteiger partial charge on any atom is -0.480 e. The number of benzene rings is 1. The van der Waals surface area contributed by atoms with Crippen LogP contribution in [-0.2, 0) is 11.3 Å². The topological polar surface area (TPSA) is 73.1 Å². The molecule has 1 unspecified atom stereocenters. The van der Waals surface area contributed by atoms with E-state index in [2.05, 4.69) is 5.32 Å². The van der Waals surface area contributed by atoms with Crippen LogP contribution in [-0.4, -0.2) is 17.1 Å². The standard InChI is InChI=1S/C12H14N2O2/c1-2-11(12(15)16)14-8-10-5-3-4-9(6-10)7-13/h3-6,11,14H,2,8H2,1H3,(H,15,16). The molecule has 0 spiro atoms. The molecular weight excluding hydrogens is 204 g/mol. The van der Waals surface area contributed by atoms with E-state index in [1.165, 1.54) is 0 Å². The zero-order valence-electron chi connectivity index (χ0n) is 9.10. The molecule has 0 saturated heterocycles. The van der Waals surface area contributed by atoms with Gasteiger partial charge in [0, 0.05) is 6.54 Å². The molecule has 4 nitrogen and oxygen atoms in total. The number of rotatable bonds is 5. The summed E-state index contributed by atoms with van der Waals surface area (Å²) in [5, 5.41) is 20.5. The highest BCUT2D eigenvalue weighted by Gasteiger charge is 2.13. The maximum atomic E-state index is 10.8. The van der Waals surface area contributed by atoms with E-state index in [9.17, 15) is 4.79 Å². The monoisotopic (exact) mass is 218 g/mol. The van der Waals surface area contributed by atoms with Crippen LogP contribution in [0.25, 0.3) is 0 Å². The number of hydrogen-bond acceptors (Lipinski definition) is 3. The average Bonchev–Trinajstić information content (AvgIpc) is 2.29. The van der Waals surface area contributed by atoms with Gasteiger partial charge in [0.15, 0.2) is 0 Å². The summed E-state index contributed by atoms with van der Waals surface area (Å²) < 4.78 is 0. The lowest BCUT2D eigenvalue weighted by molar-refractivity contribution is -0.139. The summed E-state index contributed by atoms with van der Waals surface area (Å²) in [4.78, 5) is 10.8. The van der Waals surface area contributed by atoms with Gasteiger partial charge in [-0.3, -0.25) is 4.79 Å². The van der Waals surface area contributed by atoms with Crippen molar-refractivity contribution in [3.05, 3.63) is 35.4 Å². The maximum Gasteiger partial charge on any atom is 0.320 e. The van der Waals surface area contributed by atoms with E-state index < -0.39 is 12.0 Å². The van der Waals surface area contributed by atoms with Crippen LogP contribution < -0.4 is 5.32 Å². The molecule has 1 aromatic carbocycles. The quantitative estimate of drug-likeness (QED) is 0.785. The first-order valence-electron chi connectivity index (χ1n) is 5.12. The van der Waals surface area contributed by atoms with Gasteiger partial charge in [0.25, 0.3) is 0 Å². The second-order valence-corrected chi connectivity index (χ2v) is 3.49. The molecule has 4 heteroatoms. The van der Waals surface area contributed by atoms with E-state index in [4.69, 9.17) is 10.4 Å². The summed E-state index contributed by atoms with van der Waals surface area (Å²) >= 11 is 0. The van der Waals surface area contributed by atoms with Crippen molar-refractivity contribution in [2.75, 3.05) is 0 Å². The number of nitriles is 1. The van der Waals surface area contributed by atoms with Gasteiger partial charge >= 0.3 is 5.97 Å². The van der Waals surface area contributed by atoms with Crippen molar-refractivity contribution in [2.45, 2.75) is 25.9 Å². The van der Waals surface area contributed by atoms with Crippen molar-refractivity contribution < 1.29 is 9.90 Å². The van der Waals surface area contributed by atoms with E-state index >= 15 is 0 Å². The Morgan fingerprint density at radius 1 is 1.62 bits per heavy atom. The summed E-state index contributed by atoms with van der Waals surface area (Å²) in [5.74, 6) is -0.848. The summed E-state index contributed by atoms with van der Waals surface area (Å²) in [6.07, 6.45) is 0.535. The third-order valence-corrected chi connectivity index (χ3v) is 2.32. The molecule has 84 valence electrons. The second kappa shape index (κ2) is 5.89. The number of aliphatic carboxylic acids is 1. The number of carboxylic acid groups (broad SMARTS) is 1.